The Bertz CT molecular complexity index is 2410. The maximum atomic E-state index is 16.1. The average Bonchev–Trinajstić information content (AvgIpc) is 3.80. The minimum absolute atomic E-state index is 0.0521. The van der Waals surface area contributed by atoms with Crippen molar-refractivity contribution in [3.63, 3.8) is 0 Å². The summed E-state index contributed by atoms with van der Waals surface area (Å²) in [5.74, 6) is -4.25. The number of rotatable bonds is 16. The van der Waals surface area contributed by atoms with Gasteiger partial charge in [-0.05, 0) is 56.4 Å². The summed E-state index contributed by atoms with van der Waals surface area (Å²) in [6.07, 6.45) is 8.00. The first-order chi connectivity index (χ1) is 30.4. The van der Waals surface area contributed by atoms with Crippen LogP contribution in [-0.4, -0.2) is 106 Å². The number of hydrogen-bond acceptors (Lipinski definition) is 13. The molecule has 0 radical (unpaired) electrons. The van der Waals surface area contributed by atoms with Gasteiger partial charge in [-0.2, -0.15) is 15.6 Å². The molecule has 0 unspecified atom stereocenters. The van der Waals surface area contributed by atoms with Crippen molar-refractivity contribution in [2.24, 2.45) is 0 Å². The zero-order chi connectivity index (χ0) is 44.9. The van der Waals surface area contributed by atoms with Crippen LogP contribution >= 0.6 is 11.8 Å². The molecule has 3 aromatic carbocycles. The van der Waals surface area contributed by atoms with Gasteiger partial charge in [0.2, 0.25) is 5.91 Å². The Morgan fingerprint density at radius 1 is 0.952 bits per heavy atom. The van der Waals surface area contributed by atoms with Crippen LogP contribution in [0.2, 0.25) is 0 Å². The van der Waals surface area contributed by atoms with Gasteiger partial charge in [0, 0.05) is 60.6 Å². The number of piperazine rings is 1. The second-order valence-electron chi connectivity index (χ2n) is 14.9. The number of likely N-dealkylation sites (N-methyl/N-ethyl adjacent to an activating group) is 1. The summed E-state index contributed by atoms with van der Waals surface area (Å²) in [6.45, 7) is 3.90. The molecule has 63 heavy (non-hydrogen) atoms. The molecule has 2 aliphatic rings. The number of allylic oxidation sites excluding steroid dienone is 2. The Balaban J connectivity index is 1.19. The second-order valence-corrected chi connectivity index (χ2v) is 16.5. The highest BCUT2D eigenvalue weighted by atomic mass is 32.2. The van der Waals surface area contributed by atoms with Gasteiger partial charge in [0.05, 0.1) is 60.3 Å². The molecule has 0 bridgehead atoms. The van der Waals surface area contributed by atoms with Gasteiger partial charge in [-0.1, -0.05) is 30.4 Å². The molecule has 1 aromatic heterocycles. The van der Waals surface area contributed by atoms with Crippen molar-refractivity contribution in [3.8, 4) is 12.1 Å². The van der Waals surface area contributed by atoms with Gasteiger partial charge in [-0.3, -0.25) is 9.59 Å². The fraction of sp³-hybridized carbons (Fsp3) is 0.356. The third-order valence-corrected chi connectivity index (χ3v) is 11.9. The number of benzene rings is 3. The van der Waals surface area contributed by atoms with Gasteiger partial charge >= 0.3 is 11.9 Å². The predicted octanol–water partition coefficient (Wildman–Crippen LogP) is 5.92. The largest absolute Gasteiger partial charge is 0.461 e. The fourth-order valence-corrected chi connectivity index (χ4v) is 8.32. The molecule has 2 atom stereocenters. The zero-order valence-electron chi connectivity index (χ0n) is 34.5. The van der Waals surface area contributed by atoms with Crippen LogP contribution in [0.3, 0.4) is 0 Å². The molecule has 1 amide bonds. The van der Waals surface area contributed by atoms with Gasteiger partial charge in [0.25, 0.3) is 0 Å². The maximum Gasteiger partial charge on any atom is 0.339 e. The number of amides is 1. The molecule has 3 heterocycles. The van der Waals surface area contributed by atoms with E-state index in [4.69, 9.17) is 24.2 Å². The number of nitrogens with zero attached hydrogens (tertiary/aromatic N) is 7. The number of aromatic nitrogens is 3. The zero-order valence-corrected chi connectivity index (χ0v) is 35.3. The minimum atomic E-state index is -1.92. The molecule has 0 saturated carbocycles. The molecular formula is C45H44F3N7O7S. The Morgan fingerprint density at radius 3 is 2.37 bits per heavy atom. The molecule has 2 saturated heterocycles. The Labute approximate surface area is 366 Å². The van der Waals surface area contributed by atoms with E-state index in [1.165, 1.54) is 71.6 Å². The first-order valence-corrected chi connectivity index (χ1v) is 20.9. The van der Waals surface area contributed by atoms with E-state index >= 15 is 4.39 Å². The molecule has 328 valence electrons. The van der Waals surface area contributed by atoms with Crippen molar-refractivity contribution in [3.05, 3.63) is 136 Å². The van der Waals surface area contributed by atoms with E-state index in [-0.39, 0.29) is 71.6 Å². The maximum absolute atomic E-state index is 16.1. The van der Waals surface area contributed by atoms with Crippen LogP contribution in [0.4, 0.5) is 13.2 Å². The summed E-state index contributed by atoms with van der Waals surface area (Å²) < 4.78 is 69.9. The smallest absolute Gasteiger partial charge is 0.339 e. The molecule has 2 aliphatic heterocycles. The van der Waals surface area contributed by atoms with Gasteiger partial charge in [0.15, 0.2) is 11.9 Å². The third-order valence-electron chi connectivity index (χ3n) is 10.5. The van der Waals surface area contributed by atoms with E-state index in [0.29, 0.717) is 24.7 Å². The first-order valence-electron chi connectivity index (χ1n) is 20.0. The Hall–Kier alpha value is -6.31. The minimum Gasteiger partial charge on any atom is -0.461 e. The summed E-state index contributed by atoms with van der Waals surface area (Å²) in [6, 6.07) is 15.1. The van der Waals surface area contributed by atoms with Crippen LogP contribution in [0.25, 0.3) is 6.08 Å². The van der Waals surface area contributed by atoms with E-state index in [0.717, 1.165) is 25.2 Å². The highest BCUT2D eigenvalue weighted by Crippen LogP contribution is 2.42. The Morgan fingerprint density at radius 2 is 1.68 bits per heavy atom. The first kappa shape index (κ1) is 46.2. The quantitative estimate of drug-likeness (QED) is 0.0960. The lowest BCUT2D eigenvalue weighted by atomic mass is 9.89. The highest BCUT2D eigenvalue weighted by Gasteiger charge is 2.47. The van der Waals surface area contributed by atoms with Crippen LogP contribution in [0.15, 0.2) is 85.5 Å². The van der Waals surface area contributed by atoms with E-state index in [2.05, 4.69) is 15.0 Å². The fourth-order valence-electron chi connectivity index (χ4n) is 6.96. The number of carbonyl (C=O) groups is 3. The standard InChI is InChI=1S/C45H44F3N7O7S/c1-30(63-36-25-60-43(61-26-36)6-4-3-5-33-9-7-32(23-50)20-39(33)47)45(27-55-29-51-28-52-55,38-12-11-35(46)21-40(38)48)62-44(58)37-19-31(22-49)8-10-34(37)24-59-42(57)14-13-41(56)54-17-15-53(2)16-18-54/h3-12,19-21,28-30,36,43H,13-18,24-27H2,1-2H3/t30-,36-,43-,45-/m1/s1. The number of hydrogen-bond donors (Lipinski definition) is 0. The average molecular weight is 884 g/mol. The van der Waals surface area contributed by atoms with Crippen LogP contribution in [0.5, 0.6) is 0 Å². The number of carbonyl (C=O) groups excluding carboxylic acids is 3. The second kappa shape index (κ2) is 21.7. The lowest BCUT2D eigenvalue weighted by Gasteiger charge is -2.40. The molecule has 0 spiro atoms. The van der Waals surface area contributed by atoms with Crippen LogP contribution in [-0.2, 0) is 47.3 Å². The number of nitriles is 2. The SMILES string of the molecule is C[C@@H](S[C@H]1CO[C@H](C=CC=Cc2ccc(C#N)cc2F)OC1)[C@@](Cn1cncn1)(OC(=O)c1cc(C#N)ccc1COC(=O)CCC(=O)N1CCN(C)CC1)c1ccc(F)cc1F. The lowest BCUT2D eigenvalue weighted by molar-refractivity contribution is -0.147. The molecule has 4 aromatic rings. The molecule has 18 heteroatoms. The molecule has 0 aliphatic carbocycles. The van der Waals surface area contributed by atoms with E-state index in [1.807, 2.05) is 19.2 Å². The van der Waals surface area contributed by atoms with Crippen LogP contribution in [0, 0.1) is 40.1 Å². The number of ether oxygens (including phenoxy) is 4. The monoisotopic (exact) mass is 883 g/mol. The van der Waals surface area contributed by atoms with Gasteiger partial charge in [-0.15, -0.1) is 11.8 Å². The summed E-state index contributed by atoms with van der Waals surface area (Å²) in [7, 11) is 1.97. The third kappa shape index (κ3) is 12.2. The summed E-state index contributed by atoms with van der Waals surface area (Å²) >= 11 is 1.26. The van der Waals surface area contributed by atoms with Crippen LogP contribution in [0.1, 0.15) is 57.9 Å². The van der Waals surface area contributed by atoms with Crippen molar-refractivity contribution in [1.29, 1.82) is 10.5 Å². The van der Waals surface area contributed by atoms with Gasteiger partial charge < -0.3 is 28.7 Å². The van der Waals surface area contributed by atoms with Gasteiger partial charge in [0.1, 0.15) is 36.7 Å². The number of halogens is 3. The van der Waals surface area contributed by atoms with Gasteiger partial charge in [-0.25, -0.2) is 27.6 Å². The molecule has 14 nitrogen and oxygen atoms in total. The number of thioether (sulfide) groups is 1. The lowest BCUT2D eigenvalue weighted by Crippen LogP contribution is -2.47. The molecule has 2 fully saturated rings. The molecule has 6 rings (SSSR count). The highest BCUT2D eigenvalue weighted by molar-refractivity contribution is 8.00. The van der Waals surface area contributed by atoms with E-state index in [1.54, 1.807) is 30.1 Å². The summed E-state index contributed by atoms with van der Waals surface area (Å²) in [4.78, 5) is 47.9. The summed E-state index contributed by atoms with van der Waals surface area (Å²) in [5, 5.41) is 21.7. The van der Waals surface area contributed by atoms with Crippen molar-refractivity contribution < 1.29 is 46.5 Å². The molecular weight excluding hydrogens is 840 g/mol. The van der Waals surface area contributed by atoms with Crippen molar-refractivity contribution in [2.75, 3.05) is 46.4 Å². The normalized spacial score (nSPS) is 18.4. The van der Waals surface area contributed by atoms with E-state index in [9.17, 15) is 28.4 Å². The number of esters is 2. The molecule has 0 N–H and O–H groups in total. The van der Waals surface area contributed by atoms with Crippen molar-refractivity contribution >= 4 is 35.7 Å². The Kier molecular flexibility index (Phi) is 15.9. The summed E-state index contributed by atoms with van der Waals surface area (Å²) in [5.41, 5.74) is -1.47. The van der Waals surface area contributed by atoms with E-state index < -0.39 is 53.1 Å². The topological polar surface area (TPSA) is 173 Å². The van der Waals surface area contributed by atoms with Crippen LogP contribution < -0.4 is 0 Å². The van der Waals surface area contributed by atoms with Crippen molar-refractivity contribution in [2.45, 2.75) is 55.3 Å². The predicted molar refractivity (Wildman–Crippen MR) is 224 cm³/mol. The van der Waals surface area contributed by atoms with Crippen molar-refractivity contribution in [1.82, 2.24) is 24.6 Å².